The van der Waals surface area contributed by atoms with Crippen molar-refractivity contribution in [3.8, 4) is 0 Å². The van der Waals surface area contributed by atoms with Crippen molar-refractivity contribution in [1.29, 1.82) is 0 Å². The maximum absolute atomic E-state index is 12.9. The second kappa shape index (κ2) is 56.4. The molecule has 0 saturated carbocycles. The van der Waals surface area contributed by atoms with Crippen LogP contribution >= 0.6 is 0 Å². The predicted octanol–water partition coefficient (Wildman–Crippen LogP) is 19.4. The quantitative estimate of drug-likeness (QED) is 0.0262. The Labute approximate surface area is 421 Å². The van der Waals surface area contributed by atoms with Crippen LogP contribution in [0.1, 0.15) is 284 Å². The third-order valence-corrected chi connectivity index (χ3v) is 12.5. The molecule has 0 aromatic rings. The summed E-state index contributed by atoms with van der Waals surface area (Å²) in [5.74, 6) is -0.970. The molecule has 0 aliphatic rings. The number of rotatable bonds is 52. The van der Waals surface area contributed by atoms with Gasteiger partial charge in [0, 0.05) is 19.3 Å². The molecule has 0 aromatic heterocycles. The summed E-state index contributed by atoms with van der Waals surface area (Å²) in [7, 11) is 0. The Kier molecular flexibility index (Phi) is 53.8. The summed E-state index contributed by atoms with van der Waals surface area (Å²) < 4.78 is 16.8. The molecule has 0 amide bonds. The van der Waals surface area contributed by atoms with Crippen LogP contribution in [-0.4, -0.2) is 37.2 Å². The normalized spacial score (nSPS) is 12.6. The van der Waals surface area contributed by atoms with Gasteiger partial charge in [-0.1, -0.05) is 280 Å². The van der Waals surface area contributed by atoms with E-state index in [-0.39, 0.29) is 37.5 Å². The number of hydrogen-bond acceptors (Lipinski definition) is 6. The first-order valence-corrected chi connectivity index (χ1v) is 28.9. The lowest BCUT2D eigenvalue weighted by Gasteiger charge is -2.18. The molecule has 0 bridgehead atoms. The van der Waals surface area contributed by atoms with Crippen LogP contribution in [0.15, 0.2) is 72.9 Å². The number of unbranched alkanes of at least 4 members (excludes halogenated alkanes) is 29. The molecule has 1 unspecified atom stereocenters. The monoisotopic (exact) mass is 949 g/mol. The highest BCUT2D eigenvalue weighted by Crippen LogP contribution is 2.16. The number of allylic oxidation sites excluding steroid dienone is 12. The molecule has 6 heteroatoms. The Morgan fingerprint density at radius 3 is 0.897 bits per heavy atom. The molecule has 0 radical (unpaired) electrons. The Hall–Kier alpha value is -3.15. The van der Waals surface area contributed by atoms with E-state index in [1.54, 1.807) is 0 Å². The van der Waals surface area contributed by atoms with Gasteiger partial charge in [0.05, 0.1) is 0 Å². The molecule has 392 valence electrons. The van der Waals surface area contributed by atoms with Crippen LogP contribution in [0.25, 0.3) is 0 Å². The first kappa shape index (κ1) is 64.8. The lowest BCUT2D eigenvalue weighted by molar-refractivity contribution is -0.166. The predicted molar refractivity (Wildman–Crippen MR) is 293 cm³/mol. The average molecular weight is 950 g/mol. The van der Waals surface area contributed by atoms with Gasteiger partial charge >= 0.3 is 17.9 Å². The summed E-state index contributed by atoms with van der Waals surface area (Å²) in [6, 6.07) is 0. The van der Waals surface area contributed by atoms with Crippen LogP contribution in [0.2, 0.25) is 0 Å². The molecule has 0 aliphatic heterocycles. The minimum atomic E-state index is -0.802. The van der Waals surface area contributed by atoms with E-state index in [1.165, 1.54) is 161 Å². The number of carbonyl (C=O) groups excluding carboxylic acids is 3. The largest absolute Gasteiger partial charge is 0.462 e. The van der Waals surface area contributed by atoms with Gasteiger partial charge in [-0.3, -0.25) is 14.4 Å². The van der Waals surface area contributed by atoms with Crippen LogP contribution in [0.4, 0.5) is 0 Å². The molecule has 0 aromatic carbocycles. The molecule has 0 aliphatic carbocycles. The van der Waals surface area contributed by atoms with E-state index in [1.807, 2.05) is 6.08 Å². The van der Waals surface area contributed by atoms with Gasteiger partial charge in [0.2, 0.25) is 0 Å². The maximum Gasteiger partial charge on any atom is 0.306 e. The fourth-order valence-electron chi connectivity index (χ4n) is 8.18. The summed E-state index contributed by atoms with van der Waals surface area (Å²) in [4.78, 5) is 38.1. The topological polar surface area (TPSA) is 78.9 Å². The van der Waals surface area contributed by atoms with Gasteiger partial charge < -0.3 is 14.2 Å². The molecule has 0 rings (SSSR count). The maximum atomic E-state index is 12.9. The molecule has 1 atom stereocenters. The van der Waals surface area contributed by atoms with E-state index in [0.29, 0.717) is 19.3 Å². The Morgan fingerprint density at radius 2 is 0.574 bits per heavy atom. The van der Waals surface area contributed by atoms with Crippen LogP contribution in [0.5, 0.6) is 0 Å². The highest BCUT2D eigenvalue weighted by Gasteiger charge is 2.19. The molecule has 0 saturated heterocycles. The van der Waals surface area contributed by atoms with Gasteiger partial charge in [0.1, 0.15) is 13.2 Å². The van der Waals surface area contributed by atoms with E-state index >= 15 is 0 Å². The third kappa shape index (κ3) is 53.8. The van der Waals surface area contributed by atoms with Gasteiger partial charge in [-0.15, -0.1) is 0 Å². The molecule has 0 heterocycles. The number of carbonyl (C=O) groups is 3. The van der Waals surface area contributed by atoms with Crippen molar-refractivity contribution in [2.75, 3.05) is 13.2 Å². The van der Waals surface area contributed by atoms with Crippen molar-refractivity contribution in [2.24, 2.45) is 0 Å². The van der Waals surface area contributed by atoms with Crippen molar-refractivity contribution in [2.45, 2.75) is 290 Å². The van der Waals surface area contributed by atoms with Crippen molar-refractivity contribution >= 4 is 17.9 Å². The SMILES string of the molecule is CC/C=C\C/C=C\C/C=C\C/C=C\C/C=C\C/C=C\CCC(=O)OCC(COC(=O)CCCCCCCCCCCCCCCC)OC(=O)CCCCCCCCCCCCCCCCCCC. The first-order chi connectivity index (χ1) is 33.5. The van der Waals surface area contributed by atoms with Crippen LogP contribution in [0, 0.1) is 0 Å². The lowest BCUT2D eigenvalue weighted by atomic mass is 10.0. The second-order valence-corrected chi connectivity index (χ2v) is 19.2. The highest BCUT2D eigenvalue weighted by atomic mass is 16.6. The van der Waals surface area contributed by atoms with Crippen LogP contribution < -0.4 is 0 Å². The third-order valence-electron chi connectivity index (χ3n) is 12.5. The minimum Gasteiger partial charge on any atom is -0.462 e. The molecular formula is C62H108O6. The van der Waals surface area contributed by atoms with Crippen molar-refractivity contribution < 1.29 is 28.6 Å². The van der Waals surface area contributed by atoms with Crippen molar-refractivity contribution in [3.63, 3.8) is 0 Å². The van der Waals surface area contributed by atoms with Gasteiger partial charge in [-0.2, -0.15) is 0 Å². The molecule has 0 N–H and O–H groups in total. The zero-order chi connectivity index (χ0) is 49.3. The summed E-state index contributed by atoms with van der Waals surface area (Å²) >= 11 is 0. The van der Waals surface area contributed by atoms with Crippen molar-refractivity contribution in [3.05, 3.63) is 72.9 Å². The van der Waals surface area contributed by atoms with E-state index in [0.717, 1.165) is 77.0 Å². The summed E-state index contributed by atoms with van der Waals surface area (Å²) in [5.41, 5.74) is 0. The average Bonchev–Trinajstić information content (AvgIpc) is 3.34. The standard InChI is InChI=1S/C62H108O6/c1-4-7-10-13-16-19-22-25-28-30-31-33-34-37-40-43-46-49-52-55-61(64)67-58-59(57-66-60(63)54-51-48-45-42-39-36-27-24-21-18-15-12-9-6-3)68-62(65)56-53-50-47-44-41-38-35-32-29-26-23-20-17-14-11-8-5-2/h7,10,16,19,25,28,31,33,37,40,46,49,59H,4-6,8-9,11-15,17-18,20-24,26-27,29-30,32,34-36,38-39,41-45,47-48,50-58H2,1-3H3/b10-7-,19-16-,28-25-,33-31-,40-37-,49-46-. The molecule has 0 spiro atoms. The van der Waals surface area contributed by atoms with E-state index in [9.17, 15) is 14.4 Å². The Bertz CT molecular complexity index is 1270. The number of hydrogen-bond donors (Lipinski definition) is 0. The Balaban J connectivity index is 4.46. The highest BCUT2D eigenvalue weighted by molar-refractivity contribution is 5.71. The van der Waals surface area contributed by atoms with E-state index in [2.05, 4.69) is 87.6 Å². The molecule has 6 nitrogen and oxygen atoms in total. The van der Waals surface area contributed by atoms with Crippen LogP contribution in [-0.2, 0) is 28.6 Å². The van der Waals surface area contributed by atoms with E-state index < -0.39 is 6.10 Å². The first-order valence-electron chi connectivity index (χ1n) is 28.9. The second-order valence-electron chi connectivity index (χ2n) is 19.2. The molecule has 68 heavy (non-hydrogen) atoms. The minimum absolute atomic E-state index is 0.0946. The summed E-state index contributed by atoms with van der Waals surface area (Å²) in [6.45, 7) is 6.49. The molecular weight excluding hydrogens is 841 g/mol. The zero-order valence-corrected chi connectivity index (χ0v) is 44.9. The lowest BCUT2D eigenvalue weighted by Crippen LogP contribution is -2.30. The van der Waals surface area contributed by atoms with Crippen molar-refractivity contribution in [1.82, 2.24) is 0 Å². The zero-order valence-electron chi connectivity index (χ0n) is 44.9. The van der Waals surface area contributed by atoms with Gasteiger partial charge in [-0.05, 0) is 57.8 Å². The number of esters is 3. The molecule has 0 fully saturated rings. The van der Waals surface area contributed by atoms with Gasteiger partial charge in [0.25, 0.3) is 0 Å². The summed E-state index contributed by atoms with van der Waals surface area (Å²) in [5, 5.41) is 0. The Morgan fingerprint density at radius 1 is 0.309 bits per heavy atom. The summed E-state index contributed by atoms with van der Waals surface area (Å²) in [6.07, 6.45) is 71.9. The fourth-order valence-corrected chi connectivity index (χ4v) is 8.18. The smallest absolute Gasteiger partial charge is 0.306 e. The van der Waals surface area contributed by atoms with Gasteiger partial charge in [0.15, 0.2) is 6.10 Å². The fraction of sp³-hybridized carbons (Fsp3) is 0.758. The van der Waals surface area contributed by atoms with E-state index in [4.69, 9.17) is 14.2 Å². The van der Waals surface area contributed by atoms with Gasteiger partial charge in [-0.25, -0.2) is 0 Å². The van der Waals surface area contributed by atoms with Crippen LogP contribution in [0.3, 0.4) is 0 Å². The number of ether oxygens (including phenoxy) is 3.